The normalized spacial score (nSPS) is 25.2. The summed E-state index contributed by atoms with van der Waals surface area (Å²) in [6.07, 6.45) is 6.42. The molecule has 0 unspecified atom stereocenters. The molecule has 2 aliphatic rings. The maximum atomic E-state index is 12.8. The van der Waals surface area contributed by atoms with Gasteiger partial charge in [0.25, 0.3) is 0 Å². The van der Waals surface area contributed by atoms with E-state index in [0.717, 1.165) is 32.1 Å². The molecule has 0 aromatic heterocycles. The number of carboxylic acid groups (broad SMARTS) is 1. The van der Waals surface area contributed by atoms with Crippen molar-refractivity contribution < 1.29 is 19.8 Å². The molecule has 2 rings (SSSR count). The minimum Gasteiger partial charge on any atom is -0.479 e. The molecule has 1 aliphatic heterocycles. The standard InChI is InChI=1S/C15H25NO4/c1-2-14(6-4-3-5-7-14)12(17)16-10-8-15(20,9-11-16)13(18)19/h20H,2-11H2,1H3,(H,18,19). The third-order valence-corrected chi connectivity index (χ3v) is 5.22. The van der Waals surface area contributed by atoms with Crippen molar-refractivity contribution in [3.63, 3.8) is 0 Å². The van der Waals surface area contributed by atoms with Crippen LogP contribution < -0.4 is 0 Å². The Morgan fingerprint density at radius 2 is 1.60 bits per heavy atom. The Kier molecular flexibility index (Phi) is 4.37. The summed E-state index contributed by atoms with van der Waals surface area (Å²) in [5.41, 5.74) is -1.89. The van der Waals surface area contributed by atoms with Gasteiger partial charge in [-0.25, -0.2) is 4.79 Å². The zero-order chi connectivity index (χ0) is 14.8. The van der Waals surface area contributed by atoms with Crippen LogP contribution in [-0.2, 0) is 9.59 Å². The van der Waals surface area contributed by atoms with E-state index in [1.54, 1.807) is 4.90 Å². The summed E-state index contributed by atoms with van der Waals surface area (Å²) in [4.78, 5) is 25.6. The summed E-state index contributed by atoms with van der Waals surface area (Å²) < 4.78 is 0. The average Bonchev–Trinajstić information content (AvgIpc) is 2.48. The van der Waals surface area contributed by atoms with Crippen LogP contribution >= 0.6 is 0 Å². The highest BCUT2D eigenvalue weighted by molar-refractivity contribution is 5.84. The van der Waals surface area contributed by atoms with Crippen LogP contribution in [-0.4, -0.2) is 45.7 Å². The molecule has 20 heavy (non-hydrogen) atoms. The van der Waals surface area contributed by atoms with Crippen LogP contribution in [0.25, 0.3) is 0 Å². The topological polar surface area (TPSA) is 77.8 Å². The first-order valence-electron chi connectivity index (χ1n) is 7.69. The lowest BCUT2D eigenvalue weighted by Crippen LogP contribution is -2.54. The van der Waals surface area contributed by atoms with Crippen LogP contribution in [0.1, 0.15) is 58.3 Å². The summed E-state index contributed by atoms with van der Waals surface area (Å²) in [7, 11) is 0. The second-order valence-corrected chi connectivity index (χ2v) is 6.32. The highest BCUT2D eigenvalue weighted by Crippen LogP contribution is 2.41. The molecule has 114 valence electrons. The first-order valence-corrected chi connectivity index (χ1v) is 7.69. The van der Waals surface area contributed by atoms with E-state index in [9.17, 15) is 14.7 Å². The fourth-order valence-electron chi connectivity index (χ4n) is 3.58. The molecule has 0 atom stereocenters. The van der Waals surface area contributed by atoms with Crippen LogP contribution in [0, 0.1) is 5.41 Å². The predicted octanol–water partition coefficient (Wildman–Crippen LogP) is 1.78. The van der Waals surface area contributed by atoms with Gasteiger partial charge >= 0.3 is 5.97 Å². The summed E-state index contributed by atoms with van der Waals surface area (Å²) in [5, 5.41) is 19.0. The number of carboxylic acids is 1. The highest BCUT2D eigenvalue weighted by atomic mass is 16.4. The smallest absolute Gasteiger partial charge is 0.335 e. The van der Waals surface area contributed by atoms with E-state index < -0.39 is 11.6 Å². The predicted molar refractivity (Wildman–Crippen MR) is 74.2 cm³/mol. The van der Waals surface area contributed by atoms with Crippen molar-refractivity contribution in [1.29, 1.82) is 0 Å². The van der Waals surface area contributed by atoms with Crippen LogP contribution in [0.4, 0.5) is 0 Å². The van der Waals surface area contributed by atoms with E-state index in [1.807, 2.05) is 0 Å². The van der Waals surface area contributed by atoms with E-state index in [-0.39, 0.29) is 24.2 Å². The second-order valence-electron chi connectivity index (χ2n) is 6.32. The second kappa shape index (κ2) is 5.72. The molecule has 0 aromatic carbocycles. The third-order valence-electron chi connectivity index (χ3n) is 5.22. The lowest BCUT2D eigenvalue weighted by molar-refractivity contribution is -0.167. The number of piperidine rings is 1. The number of aliphatic carboxylic acids is 1. The summed E-state index contributed by atoms with van der Waals surface area (Å²) in [5.74, 6) is -1.00. The van der Waals surface area contributed by atoms with Crippen LogP contribution in [0.2, 0.25) is 0 Å². The number of aliphatic hydroxyl groups is 1. The quantitative estimate of drug-likeness (QED) is 0.827. The van der Waals surface area contributed by atoms with Gasteiger partial charge in [0.15, 0.2) is 5.60 Å². The first kappa shape index (κ1) is 15.3. The molecule has 2 fully saturated rings. The number of nitrogens with zero attached hydrogens (tertiary/aromatic N) is 1. The van der Waals surface area contributed by atoms with Gasteiger partial charge in [0, 0.05) is 31.3 Å². The van der Waals surface area contributed by atoms with Gasteiger partial charge in [0.05, 0.1) is 0 Å². The maximum Gasteiger partial charge on any atom is 0.335 e. The number of hydrogen-bond donors (Lipinski definition) is 2. The molecule has 5 nitrogen and oxygen atoms in total. The molecule has 1 saturated heterocycles. The molecule has 5 heteroatoms. The summed E-state index contributed by atoms with van der Waals surface area (Å²) >= 11 is 0. The molecule has 1 amide bonds. The lowest BCUT2D eigenvalue weighted by atomic mass is 9.71. The number of carbonyl (C=O) groups excluding carboxylic acids is 1. The van der Waals surface area contributed by atoms with Crippen LogP contribution in [0.5, 0.6) is 0 Å². The minimum absolute atomic E-state index is 0.133. The van der Waals surface area contributed by atoms with E-state index in [0.29, 0.717) is 13.1 Å². The van der Waals surface area contributed by atoms with E-state index >= 15 is 0 Å². The van der Waals surface area contributed by atoms with Crippen molar-refractivity contribution in [2.45, 2.75) is 63.9 Å². The third kappa shape index (κ3) is 2.68. The Morgan fingerprint density at radius 1 is 1.05 bits per heavy atom. The molecule has 1 heterocycles. The number of likely N-dealkylation sites (tertiary alicyclic amines) is 1. The zero-order valence-corrected chi connectivity index (χ0v) is 12.2. The Hall–Kier alpha value is -1.10. The molecular formula is C15H25NO4. The first-order chi connectivity index (χ1) is 9.43. The number of amides is 1. The Morgan fingerprint density at radius 3 is 2.05 bits per heavy atom. The van der Waals surface area contributed by atoms with Gasteiger partial charge < -0.3 is 15.1 Å². The van der Waals surface area contributed by atoms with E-state index in [4.69, 9.17) is 5.11 Å². The van der Waals surface area contributed by atoms with E-state index in [1.165, 1.54) is 6.42 Å². The van der Waals surface area contributed by atoms with Crippen molar-refractivity contribution in [3.8, 4) is 0 Å². The highest BCUT2D eigenvalue weighted by Gasteiger charge is 2.45. The largest absolute Gasteiger partial charge is 0.479 e. The molecule has 0 bridgehead atoms. The zero-order valence-electron chi connectivity index (χ0n) is 12.2. The average molecular weight is 283 g/mol. The van der Waals surface area contributed by atoms with Gasteiger partial charge in [-0.05, 0) is 19.3 Å². The summed E-state index contributed by atoms with van der Waals surface area (Å²) in [6, 6.07) is 0. The fourth-order valence-corrected chi connectivity index (χ4v) is 3.58. The van der Waals surface area contributed by atoms with Crippen molar-refractivity contribution in [1.82, 2.24) is 4.90 Å². The lowest BCUT2D eigenvalue weighted by Gasteiger charge is -2.42. The fraction of sp³-hybridized carbons (Fsp3) is 0.867. The Labute approximate surface area is 120 Å². The van der Waals surface area contributed by atoms with Crippen molar-refractivity contribution in [3.05, 3.63) is 0 Å². The summed E-state index contributed by atoms with van der Waals surface area (Å²) in [6.45, 7) is 2.77. The van der Waals surface area contributed by atoms with Crippen molar-refractivity contribution in [2.75, 3.05) is 13.1 Å². The number of hydrogen-bond acceptors (Lipinski definition) is 3. The van der Waals surface area contributed by atoms with Crippen molar-refractivity contribution >= 4 is 11.9 Å². The minimum atomic E-state index is -1.65. The van der Waals surface area contributed by atoms with Gasteiger partial charge in [0.1, 0.15) is 0 Å². The monoisotopic (exact) mass is 283 g/mol. The van der Waals surface area contributed by atoms with E-state index in [2.05, 4.69) is 6.92 Å². The van der Waals surface area contributed by atoms with Gasteiger partial charge in [0.2, 0.25) is 5.91 Å². The van der Waals surface area contributed by atoms with Crippen molar-refractivity contribution in [2.24, 2.45) is 5.41 Å². The number of rotatable bonds is 3. The molecule has 2 N–H and O–H groups in total. The SMILES string of the molecule is CCC1(C(=O)N2CCC(O)(C(=O)O)CC2)CCCCC1. The molecule has 1 saturated carbocycles. The van der Waals surface area contributed by atoms with Gasteiger partial charge in [-0.15, -0.1) is 0 Å². The number of carbonyl (C=O) groups is 2. The molecule has 0 spiro atoms. The molecule has 1 aliphatic carbocycles. The maximum absolute atomic E-state index is 12.8. The van der Waals surface area contributed by atoms with Gasteiger partial charge in [-0.1, -0.05) is 26.2 Å². The molecular weight excluding hydrogens is 258 g/mol. The Balaban J connectivity index is 2.02. The Bertz CT molecular complexity index is 379. The van der Waals surface area contributed by atoms with Gasteiger partial charge in [-0.2, -0.15) is 0 Å². The van der Waals surface area contributed by atoms with Crippen LogP contribution in [0.3, 0.4) is 0 Å². The molecule has 0 aromatic rings. The molecule has 0 radical (unpaired) electrons. The van der Waals surface area contributed by atoms with Gasteiger partial charge in [-0.3, -0.25) is 4.79 Å². The van der Waals surface area contributed by atoms with Crippen LogP contribution in [0.15, 0.2) is 0 Å².